The summed E-state index contributed by atoms with van der Waals surface area (Å²) in [7, 11) is 0. The van der Waals surface area contributed by atoms with Crippen LogP contribution in [0.15, 0.2) is 67.1 Å². The molecular formula is C27H28N8. The number of nitrogens with zero attached hydrogens (tertiary/aromatic N) is 5. The summed E-state index contributed by atoms with van der Waals surface area (Å²) in [4.78, 5) is 20.0. The van der Waals surface area contributed by atoms with Crippen molar-refractivity contribution in [2.45, 2.75) is 44.9 Å². The van der Waals surface area contributed by atoms with Crippen molar-refractivity contribution in [3.05, 3.63) is 95.3 Å². The number of aromatic amines is 2. The van der Waals surface area contributed by atoms with Crippen LogP contribution in [-0.2, 0) is 26.1 Å². The van der Waals surface area contributed by atoms with E-state index < -0.39 is 0 Å². The van der Waals surface area contributed by atoms with E-state index in [1.807, 2.05) is 30.5 Å². The lowest BCUT2D eigenvalue weighted by Gasteiger charge is -2.35. The third-order valence-electron chi connectivity index (χ3n) is 6.87. The first-order chi connectivity index (χ1) is 17.3. The summed E-state index contributed by atoms with van der Waals surface area (Å²) in [5.41, 5.74) is 14.0. The highest BCUT2D eigenvalue weighted by Gasteiger charge is 2.28. The topological polar surface area (TPSA) is 112 Å². The standard InChI is InChI=1S/C27H28N8/c28-14-21-13-19(27-30-17-31-34-27)10-11-20(21)15-35(16-25-32-22-7-1-2-8-23(22)33-25)24-9-3-5-18-6-4-12-29-26(18)24/h1-2,4,6-8,10-13,17,24H,3,5,9,14-16,28H2,(H,32,33)(H,30,31,34). The molecule has 0 aliphatic heterocycles. The summed E-state index contributed by atoms with van der Waals surface area (Å²) in [5.74, 6) is 1.64. The maximum absolute atomic E-state index is 6.21. The SMILES string of the molecule is NCc1cc(-c2nc[nH]n2)ccc1CN(Cc1nc2ccccc2[nH]1)C1CCCc2cccnc21. The average molecular weight is 465 g/mol. The predicted molar refractivity (Wildman–Crippen MR) is 135 cm³/mol. The second kappa shape index (κ2) is 9.40. The molecule has 3 heterocycles. The fourth-order valence-electron chi connectivity index (χ4n) is 5.17. The van der Waals surface area contributed by atoms with Gasteiger partial charge in [0.2, 0.25) is 0 Å². The Morgan fingerprint density at radius 1 is 1.00 bits per heavy atom. The summed E-state index contributed by atoms with van der Waals surface area (Å²) >= 11 is 0. The fourth-order valence-corrected chi connectivity index (χ4v) is 5.17. The molecule has 8 nitrogen and oxygen atoms in total. The highest BCUT2D eigenvalue weighted by molar-refractivity contribution is 5.74. The third-order valence-corrected chi connectivity index (χ3v) is 6.87. The average Bonchev–Trinajstić information content (AvgIpc) is 3.58. The number of fused-ring (bicyclic) bond motifs is 2. The molecule has 1 unspecified atom stereocenters. The molecule has 4 N–H and O–H groups in total. The number of rotatable bonds is 7. The number of nitrogens with one attached hydrogen (secondary N) is 2. The number of hydrogen-bond acceptors (Lipinski definition) is 6. The highest BCUT2D eigenvalue weighted by Crippen LogP contribution is 2.35. The molecular weight excluding hydrogens is 436 g/mol. The van der Waals surface area contributed by atoms with Gasteiger partial charge in [0.1, 0.15) is 12.2 Å². The Bertz CT molecular complexity index is 1410. The first-order valence-corrected chi connectivity index (χ1v) is 12.1. The molecule has 5 aromatic rings. The van der Waals surface area contributed by atoms with Gasteiger partial charge in [-0.3, -0.25) is 15.0 Å². The Kier molecular flexibility index (Phi) is 5.81. The predicted octanol–water partition coefficient (Wildman–Crippen LogP) is 4.28. The molecule has 0 spiro atoms. The van der Waals surface area contributed by atoms with Gasteiger partial charge in [0.15, 0.2) is 5.82 Å². The quantitative estimate of drug-likeness (QED) is 0.331. The van der Waals surface area contributed by atoms with Gasteiger partial charge in [-0.25, -0.2) is 9.97 Å². The van der Waals surface area contributed by atoms with Crippen molar-refractivity contribution in [2.24, 2.45) is 5.73 Å². The molecule has 6 rings (SSSR count). The molecule has 2 aromatic carbocycles. The van der Waals surface area contributed by atoms with Crippen LogP contribution in [0.25, 0.3) is 22.4 Å². The summed E-state index contributed by atoms with van der Waals surface area (Å²) < 4.78 is 0. The number of aryl methyl sites for hydroxylation is 1. The van der Waals surface area contributed by atoms with Crippen LogP contribution in [0, 0.1) is 0 Å². The second-order valence-electron chi connectivity index (χ2n) is 9.07. The molecule has 0 saturated carbocycles. The summed E-state index contributed by atoms with van der Waals surface area (Å²) in [6, 6.07) is 19.0. The lowest BCUT2D eigenvalue weighted by Crippen LogP contribution is -2.32. The van der Waals surface area contributed by atoms with Crippen molar-refractivity contribution < 1.29 is 0 Å². The van der Waals surface area contributed by atoms with Crippen LogP contribution >= 0.6 is 0 Å². The van der Waals surface area contributed by atoms with Crippen molar-refractivity contribution in [1.29, 1.82) is 0 Å². The van der Waals surface area contributed by atoms with E-state index in [0.717, 1.165) is 53.8 Å². The number of nitrogens with two attached hydrogens (primary N) is 1. The normalized spacial score (nSPS) is 15.5. The zero-order valence-electron chi connectivity index (χ0n) is 19.5. The van der Waals surface area contributed by atoms with Gasteiger partial charge in [0, 0.05) is 24.8 Å². The van der Waals surface area contributed by atoms with Gasteiger partial charge in [-0.2, -0.15) is 5.10 Å². The zero-order valence-corrected chi connectivity index (χ0v) is 19.5. The largest absolute Gasteiger partial charge is 0.341 e. The molecule has 0 amide bonds. The van der Waals surface area contributed by atoms with E-state index in [2.05, 4.69) is 55.4 Å². The minimum absolute atomic E-state index is 0.214. The van der Waals surface area contributed by atoms with Crippen LogP contribution in [0.5, 0.6) is 0 Å². The molecule has 3 aromatic heterocycles. The molecule has 176 valence electrons. The van der Waals surface area contributed by atoms with Gasteiger partial charge in [-0.05, 0) is 60.2 Å². The maximum atomic E-state index is 6.21. The first-order valence-electron chi connectivity index (χ1n) is 12.1. The second-order valence-corrected chi connectivity index (χ2v) is 9.07. The Labute approximate surface area is 203 Å². The van der Waals surface area contributed by atoms with Crippen LogP contribution in [0.1, 0.15) is 47.1 Å². The minimum Gasteiger partial charge on any atom is -0.341 e. The van der Waals surface area contributed by atoms with Gasteiger partial charge >= 0.3 is 0 Å². The van der Waals surface area contributed by atoms with Crippen LogP contribution < -0.4 is 5.73 Å². The smallest absolute Gasteiger partial charge is 0.180 e. The summed E-state index contributed by atoms with van der Waals surface area (Å²) in [6.07, 6.45) is 6.80. The molecule has 0 radical (unpaired) electrons. The number of pyridine rings is 1. The molecule has 0 fully saturated rings. The maximum Gasteiger partial charge on any atom is 0.180 e. The Balaban J connectivity index is 1.37. The highest BCUT2D eigenvalue weighted by atomic mass is 15.2. The van der Waals surface area contributed by atoms with Gasteiger partial charge in [-0.1, -0.05) is 30.3 Å². The van der Waals surface area contributed by atoms with E-state index >= 15 is 0 Å². The van der Waals surface area contributed by atoms with Gasteiger partial charge in [-0.15, -0.1) is 0 Å². The number of benzene rings is 2. The van der Waals surface area contributed by atoms with Crippen LogP contribution in [0.3, 0.4) is 0 Å². The number of hydrogen-bond donors (Lipinski definition) is 3. The van der Waals surface area contributed by atoms with Crippen molar-refractivity contribution in [1.82, 2.24) is 35.0 Å². The van der Waals surface area contributed by atoms with E-state index in [1.165, 1.54) is 16.8 Å². The van der Waals surface area contributed by atoms with E-state index in [9.17, 15) is 0 Å². The van der Waals surface area contributed by atoms with Gasteiger partial charge in [0.05, 0.1) is 29.3 Å². The first kappa shape index (κ1) is 21.6. The molecule has 1 aliphatic rings. The zero-order chi connectivity index (χ0) is 23.6. The lowest BCUT2D eigenvalue weighted by molar-refractivity contribution is 0.153. The minimum atomic E-state index is 0.214. The van der Waals surface area contributed by atoms with E-state index in [4.69, 9.17) is 15.7 Å². The van der Waals surface area contributed by atoms with Gasteiger partial charge < -0.3 is 10.7 Å². The molecule has 35 heavy (non-hydrogen) atoms. The van der Waals surface area contributed by atoms with Crippen LogP contribution in [-0.4, -0.2) is 35.0 Å². The monoisotopic (exact) mass is 464 g/mol. The number of H-pyrrole nitrogens is 2. The number of para-hydroxylation sites is 2. The molecule has 0 saturated heterocycles. The van der Waals surface area contributed by atoms with Crippen LogP contribution in [0.2, 0.25) is 0 Å². The Hall–Kier alpha value is -3.88. The molecule has 8 heteroatoms. The Morgan fingerprint density at radius 2 is 1.94 bits per heavy atom. The van der Waals surface area contributed by atoms with Crippen molar-refractivity contribution in [3.8, 4) is 11.4 Å². The van der Waals surface area contributed by atoms with Crippen molar-refractivity contribution in [2.75, 3.05) is 0 Å². The molecule has 1 aliphatic carbocycles. The van der Waals surface area contributed by atoms with E-state index in [0.29, 0.717) is 18.9 Å². The lowest BCUT2D eigenvalue weighted by atomic mass is 9.90. The van der Waals surface area contributed by atoms with Crippen molar-refractivity contribution in [3.63, 3.8) is 0 Å². The number of aromatic nitrogens is 6. The summed E-state index contributed by atoms with van der Waals surface area (Å²) in [5, 5.41) is 7.00. The summed E-state index contributed by atoms with van der Waals surface area (Å²) in [6.45, 7) is 1.89. The third kappa shape index (κ3) is 4.34. The van der Waals surface area contributed by atoms with Crippen molar-refractivity contribution >= 4 is 11.0 Å². The van der Waals surface area contributed by atoms with E-state index in [-0.39, 0.29) is 6.04 Å². The Morgan fingerprint density at radius 3 is 2.80 bits per heavy atom. The van der Waals surface area contributed by atoms with Crippen LogP contribution in [0.4, 0.5) is 0 Å². The van der Waals surface area contributed by atoms with E-state index in [1.54, 1.807) is 6.33 Å². The van der Waals surface area contributed by atoms with Gasteiger partial charge in [0.25, 0.3) is 0 Å². The molecule has 0 bridgehead atoms. The fraction of sp³-hybridized carbons (Fsp3) is 0.259. The number of imidazole rings is 1. The molecule has 1 atom stereocenters.